The third-order valence-corrected chi connectivity index (χ3v) is 11.3. The minimum atomic E-state index is -0.247. The second kappa shape index (κ2) is 15.4. The molecule has 5 aromatic carbocycles. The van der Waals surface area contributed by atoms with Crippen LogP contribution in [0, 0.1) is 12.1 Å². The van der Waals surface area contributed by atoms with Crippen LogP contribution in [0.5, 0.6) is 11.5 Å². The number of aromatic nitrogens is 4. The van der Waals surface area contributed by atoms with Crippen molar-refractivity contribution >= 4 is 21.8 Å². The second-order valence-electron chi connectivity index (χ2n) is 19.2. The Hall–Kier alpha value is -5.25. The Bertz CT molecular complexity index is 2770. The molecule has 8 rings (SSSR count). The standard InChI is InChI=1S/C53H54N4O.Pt/c1-50(2,3)43-32-41(58-40-24-18-23-39(31-40)57-47(52(7,8)9)34-46(55-57)51(4,5)6)33-45-49(43)42-29-36(35-19-14-12-15-20-35)25-26-44(42)56(45)48-30-38(27-28-54-48)53(10,11)37-21-16-13-17-22-37;/h12-30,32,34H,1-11H3;/q-2;+2. The largest absolute Gasteiger partial charge is 2.00 e. The van der Waals surface area contributed by atoms with Crippen molar-refractivity contribution in [1.29, 1.82) is 0 Å². The Morgan fingerprint density at radius 1 is 0.576 bits per heavy atom. The Morgan fingerprint density at radius 3 is 1.93 bits per heavy atom. The molecule has 0 aliphatic carbocycles. The number of fused-ring (bicyclic) bond motifs is 3. The van der Waals surface area contributed by atoms with E-state index in [0.29, 0.717) is 11.5 Å². The summed E-state index contributed by atoms with van der Waals surface area (Å²) in [5.74, 6) is 2.05. The van der Waals surface area contributed by atoms with E-state index in [0.717, 1.165) is 50.3 Å². The quantitative estimate of drug-likeness (QED) is 0.150. The van der Waals surface area contributed by atoms with Gasteiger partial charge in [-0.15, -0.1) is 35.9 Å². The van der Waals surface area contributed by atoms with E-state index in [1.54, 1.807) is 0 Å². The summed E-state index contributed by atoms with van der Waals surface area (Å²) in [6.07, 6.45) is 1.93. The molecule has 8 aromatic rings. The van der Waals surface area contributed by atoms with E-state index in [1.165, 1.54) is 22.3 Å². The molecule has 3 aromatic heterocycles. The van der Waals surface area contributed by atoms with E-state index in [-0.39, 0.29) is 42.7 Å². The molecular weight excluding hydrogens is 904 g/mol. The maximum atomic E-state index is 6.81. The Kier molecular flexibility index (Phi) is 10.9. The van der Waals surface area contributed by atoms with E-state index in [4.69, 9.17) is 14.8 Å². The average Bonchev–Trinajstić information content (AvgIpc) is 3.79. The van der Waals surface area contributed by atoms with Crippen molar-refractivity contribution in [3.05, 3.63) is 168 Å². The van der Waals surface area contributed by atoms with Gasteiger partial charge in [0.15, 0.2) is 0 Å². The van der Waals surface area contributed by atoms with Crippen molar-refractivity contribution in [2.24, 2.45) is 0 Å². The minimum Gasteiger partial charge on any atom is -0.509 e. The zero-order valence-corrected chi connectivity index (χ0v) is 38.4. The molecule has 0 unspecified atom stereocenters. The van der Waals surface area contributed by atoms with Crippen molar-refractivity contribution in [2.75, 3.05) is 0 Å². The van der Waals surface area contributed by atoms with Gasteiger partial charge in [-0.1, -0.05) is 160 Å². The van der Waals surface area contributed by atoms with Crippen LogP contribution in [0.25, 0.3) is 44.4 Å². The number of nitrogens with zero attached hydrogens (tertiary/aromatic N) is 4. The SMILES string of the molecule is CC(C)(C)c1cc(C(C)(C)C)n(-c2[c-]c(Oc3[c-]c4c(c(C(C)(C)C)c3)c3cc(-c5ccccc5)ccc3n4-c3cc(C(C)(C)c4ccccc4)ccn3)ccc2)n1.[Pt+2]. The smallest absolute Gasteiger partial charge is 0.509 e. The van der Waals surface area contributed by atoms with Gasteiger partial charge in [0.1, 0.15) is 5.82 Å². The predicted molar refractivity (Wildman–Crippen MR) is 240 cm³/mol. The van der Waals surface area contributed by atoms with Crippen molar-refractivity contribution in [1.82, 2.24) is 19.3 Å². The van der Waals surface area contributed by atoms with Gasteiger partial charge in [-0.25, -0.2) is 4.98 Å². The topological polar surface area (TPSA) is 44.9 Å². The first kappa shape index (κ1) is 41.9. The average molecular weight is 958 g/mol. The molecule has 0 atom stereocenters. The maximum absolute atomic E-state index is 6.81. The third kappa shape index (κ3) is 8.07. The van der Waals surface area contributed by atoms with E-state index in [2.05, 4.69) is 196 Å². The number of hydrogen-bond donors (Lipinski definition) is 0. The van der Waals surface area contributed by atoms with Crippen LogP contribution in [0.4, 0.5) is 0 Å². The predicted octanol–water partition coefficient (Wildman–Crippen LogP) is 13.6. The molecule has 0 aliphatic heterocycles. The molecule has 5 nitrogen and oxygen atoms in total. The molecule has 0 radical (unpaired) electrons. The van der Waals surface area contributed by atoms with Crippen LogP contribution in [0.15, 0.2) is 128 Å². The summed E-state index contributed by atoms with van der Waals surface area (Å²) in [5, 5.41) is 7.40. The molecule has 0 saturated carbocycles. The summed E-state index contributed by atoms with van der Waals surface area (Å²) in [6, 6.07) is 50.2. The van der Waals surface area contributed by atoms with Crippen LogP contribution in [0.2, 0.25) is 0 Å². The number of benzene rings is 5. The van der Waals surface area contributed by atoms with E-state index in [1.807, 2.05) is 29.1 Å². The van der Waals surface area contributed by atoms with Gasteiger partial charge in [0.25, 0.3) is 0 Å². The fraction of sp³-hybridized carbons (Fsp3) is 0.283. The molecular formula is C53H54N4OPt. The Morgan fingerprint density at radius 2 is 1.27 bits per heavy atom. The van der Waals surface area contributed by atoms with Gasteiger partial charge >= 0.3 is 21.1 Å². The monoisotopic (exact) mass is 957 g/mol. The van der Waals surface area contributed by atoms with Gasteiger partial charge in [-0.3, -0.25) is 4.68 Å². The fourth-order valence-electron chi connectivity index (χ4n) is 7.89. The van der Waals surface area contributed by atoms with Gasteiger partial charge in [-0.2, -0.15) is 11.2 Å². The zero-order chi connectivity index (χ0) is 41.2. The third-order valence-electron chi connectivity index (χ3n) is 11.3. The van der Waals surface area contributed by atoms with Gasteiger partial charge in [-0.05, 0) is 63.0 Å². The molecule has 0 bridgehead atoms. The zero-order valence-electron chi connectivity index (χ0n) is 36.1. The number of hydrogen-bond acceptors (Lipinski definition) is 3. The van der Waals surface area contributed by atoms with Crippen molar-refractivity contribution < 1.29 is 25.8 Å². The fourth-order valence-corrected chi connectivity index (χ4v) is 7.89. The van der Waals surface area contributed by atoms with Gasteiger partial charge < -0.3 is 9.30 Å². The molecule has 0 fully saturated rings. The van der Waals surface area contributed by atoms with Gasteiger partial charge in [0.2, 0.25) is 0 Å². The molecule has 0 N–H and O–H groups in total. The summed E-state index contributed by atoms with van der Waals surface area (Å²) >= 11 is 0. The summed E-state index contributed by atoms with van der Waals surface area (Å²) in [4.78, 5) is 5.05. The molecule has 0 aliphatic rings. The number of ether oxygens (including phenoxy) is 1. The van der Waals surface area contributed by atoms with Crippen molar-refractivity contribution in [3.8, 4) is 34.1 Å². The van der Waals surface area contributed by atoms with Gasteiger partial charge in [0.05, 0.1) is 5.69 Å². The van der Waals surface area contributed by atoms with Gasteiger partial charge in [0, 0.05) is 45.2 Å². The first-order valence-corrected chi connectivity index (χ1v) is 20.3. The van der Waals surface area contributed by atoms with Crippen LogP contribution in [-0.4, -0.2) is 19.3 Å². The summed E-state index contributed by atoms with van der Waals surface area (Å²) in [6.45, 7) is 24.6. The van der Waals surface area contributed by atoms with Crippen LogP contribution in [0.1, 0.15) is 104 Å². The molecule has 0 amide bonds. The second-order valence-corrected chi connectivity index (χ2v) is 19.2. The van der Waals surface area contributed by atoms with E-state index in [9.17, 15) is 0 Å². The molecule has 6 heteroatoms. The maximum Gasteiger partial charge on any atom is 2.00 e. The molecule has 59 heavy (non-hydrogen) atoms. The number of rotatable bonds is 7. The normalized spacial score (nSPS) is 12.5. The van der Waals surface area contributed by atoms with Crippen LogP contribution in [0.3, 0.4) is 0 Å². The number of pyridine rings is 1. The Balaban J connectivity index is 0.00000528. The summed E-state index contributed by atoms with van der Waals surface area (Å²) in [5.41, 5.74) is 10.2. The molecule has 0 saturated heterocycles. The van der Waals surface area contributed by atoms with E-state index >= 15 is 0 Å². The van der Waals surface area contributed by atoms with Crippen molar-refractivity contribution in [2.45, 2.75) is 97.8 Å². The van der Waals surface area contributed by atoms with Crippen LogP contribution < -0.4 is 4.74 Å². The summed E-state index contributed by atoms with van der Waals surface area (Å²) < 4.78 is 11.1. The Labute approximate surface area is 364 Å². The van der Waals surface area contributed by atoms with Crippen LogP contribution >= 0.6 is 0 Å². The van der Waals surface area contributed by atoms with Crippen molar-refractivity contribution in [3.63, 3.8) is 0 Å². The van der Waals surface area contributed by atoms with E-state index < -0.39 is 0 Å². The molecule has 3 heterocycles. The molecule has 302 valence electrons. The molecule has 0 spiro atoms. The van der Waals surface area contributed by atoms with Crippen LogP contribution in [-0.2, 0) is 42.7 Å². The summed E-state index contributed by atoms with van der Waals surface area (Å²) in [7, 11) is 0. The first-order valence-electron chi connectivity index (χ1n) is 20.3. The minimum absolute atomic E-state index is 0. The first-order chi connectivity index (χ1) is 27.4.